The van der Waals surface area contributed by atoms with E-state index in [1.54, 1.807) is 34.8 Å². The van der Waals surface area contributed by atoms with E-state index in [4.69, 9.17) is 5.73 Å². The van der Waals surface area contributed by atoms with Gasteiger partial charge >= 0.3 is 0 Å². The molecule has 1 aromatic heterocycles. The number of thioether (sulfide) groups is 1. The third kappa shape index (κ3) is 3.36. The lowest BCUT2D eigenvalue weighted by Crippen LogP contribution is -2.25. The van der Waals surface area contributed by atoms with Crippen molar-refractivity contribution in [2.45, 2.75) is 12.5 Å². The maximum Gasteiger partial charge on any atom is 0.254 e. The number of halogens is 1. The molecule has 2 heterocycles. The average molecular weight is 345 g/mol. The number of hydrogen-bond donors (Lipinski definition) is 2. The molecule has 1 unspecified atom stereocenters. The Balaban J connectivity index is 1.91. The van der Waals surface area contributed by atoms with Crippen molar-refractivity contribution in [3.8, 4) is 6.07 Å². The normalized spacial score (nSPS) is 20.3. The maximum atomic E-state index is 13.0. The molecule has 3 rings (SSSR count). The number of carbonyl (C=O) groups excluding carboxylic acids is 1. The van der Waals surface area contributed by atoms with Gasteiger partial charge in [0.15, 0.2) is 5.82 Å². The van der Waals surface area contributed by atoms with Gasteiger partial charge in [0.25, 0.3) is 5.91 Å². The Morgan fingerprint density at radius 1 is 1.46 bits per heavy atom. The molecule has 8 heteroatoms. The fourth-order valence-electron chi connectivity index (χ4n) is 2.67. The lowest BCUT2D eigenvalue weighted by atomic mass is 10.0. The second-order valence-corrected chi connectivity index (χ2v) is 6.68. The summed E-state index contributed by atoms with van der Waals surface area (Å²) in [7, 11) is 0. The van der Waals surface area contributed by atoms with Crippen LogP contribution in [0.15, 0.2) is 30.5 Å². The number of primary amides is 1. The van der Waals surface area contributed by atoms with Gasteiger partial charge in [0.1, 0.15) is 11.4 Å². The lowest BCUT2D eigenvalue weighted by Gasteiger charge is -2.26. The highest BCUT2D eigenvalue weighted by Crippen LogP contribution is 2.33. The molecule has 24 heavy (non-hydrogen) atoms. The Hall–Kier alpha value is -2.53. The van der Waals surface area contributed by atoms with Crippen molar-refractivity contribution < 1.29 is 9.18 Å². The highest BCUT2D eigenvalue weighted by molar-refractivity contribution is 7.99. The van der Waals surface area contributed by atoms with Crippen LogP contribution in [0.5, 0.6) is 0 Å². The minimum Gasteiger partial charge on any atom is -0.365 e. The topological polar surface area (TPSA) is 96.7 Å². The monoisotopic (exact) mass is 345 g/mol. The Labute approximate surface area is 142 Å². The molecular weight excluding hydrogens is 329 g/mol. The van der Waals surface area contributed by atoms with E-state index >= 15 is 0 Å². The number of benzene rings is 1. The predicted octanol–water partition coefficient (Wildman–Crippen LogP) is 2.68. The molecule has 6 nitrogen and oxygen atoms in total. The second kappa shape index (κ2) is 6.93. The van der Waals surface area contributed by atoms with Gasteiger partial charge in [-0.05, 0) is 36.4 Å². The number of nitrogens with zero attached hydrogens (tertiary/aromatic N) is 3. The van der Waals surface area contributed by atoms with Crippen LogP contribution in [0.3, 0.4) is 0 Å². The van der Waals surface area contributed by atoms with Crippen LogP contribution in [0.1, 0.15) is 22.8 Å². The summed E-state index contributed by atoms with van der Waals surface area (Å²) in [5.74, 6) is 0.873. The Morgan fingerprint density at radius 3 is 2.88 bits per heavy atom. The standard InChI is InChI=1S/C16H16FN5OS/c17-11-1-3-12(4-2-11)20-16-13(15(19)23)8-22(21-16)14-5-6-24-9-10(14)7-18/h1-4,8,10,14H,5-6,9H2,(H2,19,23)(H,20,21)/t10-,14?/m0/s1. The van der Waals surface area contributed by atoms with Gasteiger partial charge in [-0.2, -0.15) is 22.1 Å². The summed E-state index contributed by atoms with van der Waals surface area (Å²) in [5, 5.41) is 16.7. The molecule has 1 aromatic carbocycles. The molecule has 1 fully saturated rings. The Kier molecular flexibility index (Phi) is 4.71. The van der Waals surface area contributed by atoms with Crippen LogP contribution in [-0.2, 0) is 0 Å². The quantitative estimate of drug-likeness (QED) is 0.888. The Morgan fingerprint density at radius 2 is 2.21 bits per heavy atom. The number of aromatic nitrogens is 2. The first-order valence-electron chi connectivity index (χ1n) is 7.47. The first-order chi connectivity index (χ1) is 11.6. The summed E-state index contributed by atoms with van der Waals surface area (Å²) in [6.07, 6.45) is 2.39. The first kappa shape index (κ1) is 16.3. The van der Waals surface area contributed by atoms with Gasteiger partial charge in [0.05, 0.1) is 18.0 Å². The molecule has 2 aromatic rings. The van der Waals surface area contributed by atoms with Gasteiger partial charge in [0, 0.05) is 17.6 Å². The third-order valence-corrected chi connectivity index (χ3v) is 5.05. The maximum absolute atomic E-state index is 13.0. The summed E-state index contributed by atoms with van der Waals surface area (Å²) < 4.78 is 14.7. The molecule has 3 N–H and O–H groups in total. The van der Waals surface area contributed by atoms with Crippen molar-refractivity contribution in [3.63, 3.8) is 0 Å². The summed E-state index contributed by atoms with van der Waals surface area (Å²) in [5.41, 5.74) is 6.28. The van der Waals surface area contributed by atoms with Crippen molar-refractivity contribution >= 4 is 29.2 Å². The summed E-state index contributed by atoms with van der Waals surface area (Å²) >= 11 is 1.74. The molecule has 0 bridgehead atoms. The molecule has 0 saturated carbocycles. The van der Waals surface area contributed by atoms with E-state index in [2.05, 4.69) is 16.5 Å². The smallest absolute Gasteiger partial charge is 0.254 e. The average Bonchev–Trinajstić information content (AvgIpc) is 3.01. The summed E-state index contributed by atoms with van der Waals surface area (Å²) in [6.45, 7) is 0. The summed E-state index contributed by atoms with van der Waals surface area (Å²) in [6, 6.07) is 7.95. The number of amides is 1. The number of rotatable bonds is 4. The van der Waals surface area contributed by atoms with Gasteiger partial charge in [-0.25, -0.2) is 4.39 Å². The van der Waals surface area contributed by atoms with Gasteiger partial charge in [-0.3, -0.25) is 9.48 Å². The molecule has 124 valence electrons. The zero-order valence-corrected chi connectivity index (χ0v) is 13.6. The third-order valence-electron chi connectivity index (χ3n) is 3.93. The highest BCUT2D eigenvalue weighted by Gasteiger charge is 2.29. The zero-order chi connectivity index (χ0) is 17.1. The van der Waals surface area contributed by atoms with E-state index in [1.807, 2.05) is 0 Å². The van der Waals surface area contributed by atoms with Crippen molar-refractivity contribution in [1.29, 1.82) is 5.26 Å². The van der Waals surface area contributed by atoms with Gasteiger partial charge in [0.2, 0.25) is 0 Å². The fraction of sp³-hybridized carbons (Fsp3) is 0.312. The molecule has 1 aliphatic rings. The minimum absolute atomic E-state index is 0.0851. The van der Waals surface area contributed by atoms with E-state index in [-0.39, 0.29) is 23.3 Å². The van der Waals surface area contributed by atoms with Crippen LogP contribution >= 0.6 is 11.8 Å². The summed E-state index contributed by atoms with van der Waals surface area (Å²) in [4.78, 5) is 11.7. The van der Waals surface area contributed by atoms with Crippen LogP contribution < -0.4 is 11.1 Å². The van der Waals surface area contributed by atoms with E-state index in [0.717, 1.165) is 17.9 Å². The molecule has 0 spiro atoms. The van der Waals surface area contributed by atoms with Crippen LogP contribution in [0, 0.1) is 23.1 Å². The van der Waals surface area contributed by atoms with Gasteiger partial charge in [-0.1, -0.05) is 0 Å². The fourth-order valence-corrected chi connectivity index (χ4v) is 3.80. The number of carbonyl (C=O) groups is 1. The van der Waals surface area contributed by atoms with Gasteiger partial charge < -0.3 is 11.1 Å². The van der Waals surface area contributed by atoms with E-state index in [1.165, 1.54) is 12.1 Å². The van der Waals surface area contributed by atoms with Crippen LogP contribution in [0.2, 0.25) is 0 Å². The first-order valence-corrected chi connectivity index (χ1v) is 8.63. The van der Waals surface area contributed by atoms with E-state index < -0.39 is 5.91 Å². The van der Waals surface area contributed by atoms with Crippen molar-refractivity contribution in [2.24, 2.45) is 11.7 Å². The zero-order valence-electron chi connectivity index (χ0n) is 12.8. The van der Waals surface area contributed by atoms with Crippen LogP contribution in [-0.4, -0.2) is 27.2 Å². The molecule has 0 aliphatic carbocycles. The van der Waals surface area contributed by atoms with Crippen molar-refractivity contribution in [3.05, 3.63) is 41.8 Å². The number of nitrogens with two attached hydrogens (primary N) is 1. The number of nitriles is 1. The van der Waals surface area contributed by atoms with Crippen molar-refractivity contribution in [2.75, 3.05) is 16.8 Å². The van der Waals surface area contributed by atoms with Crippen molar-refractivity contribution in [1.82, 2.24) is 9.78 Å². The Bertz CT molecular complexity index is 783. The predicted molar refractivity (Wildman–Crippen MR) is 90.5 cm³/mol. The SMILES string of the molecule is N#C[C@H]1CSCCC1n1cc(C(N)=O)c(Nc2ccc(F)cc2)n1. The van der Waals surface area contributed by atoms with Crippen LogP contribution in [0.4, 0.5) is 15.9 Å². The molecule has 0 radical (unpaired) electrons. The molecular formula is C16H16FN5OS. The minimum atomic E-state index is -0.607. The van der Waals surface area contributed by atoms with E-state index in [0.29, 0.717) is 11.5 Å². The largest absolute Gasteiger partial charge is 0.365 e. The lowest BCUT2D eigenvalue weighted by molar-refractivity contribution is 0.100. The number of anilines is 2. The van der Waals surface area contributed by atoms with Crippen LogP contribution in [0.25, 0.3) is 0 Å². The molecule has 1 saturated heterocycles. The highest BCUT2D eigenvalue weighted by atomic mass is 32.2. The molecule has 2 atom stereocenters. The molecule has 1 aliphatic heterocycles. The molecule has 1 amide bonds. The van der Waals surface area contributed by atoms with E-state index in [9.17, 15) is 14.4 Å². The number of nitrogens with one attached hydrogen (secondary N) is 1. The number of hydrogen-bond acceptors (Lipinski definition) is 5. The second-order valence-electron chi connectivity index (χ2n) is 5.53. The van der Waals surface area contributed by atoms with Gasteiger partial charge in [-0.15, -0.1) is 0 Å².